The van der Waals surface area contributed by atoms with E-state index in [0.29, 0.717) is 18.9 Å². The van der Waals surface area contributed by atoms with Crippen molar-refractivity contribution in [3.05, 3.63) is 59.9 Å². The molecule has 0 aromatic heterocycles. The summed E-state index contributed by atoms with van der Waals surface area (Å²) in [5.74, 6) is -0.854. The van der Waals surface area contributed by atoms with E-state index in [2.05, 4.69) is 5.32 Å². The van der Waals surface area contributed by atoms with Gasteiger partial charge in [-0.1, -0.05) is 6.07 Å². The number of anilines is 1. The number of hydrogen-bond acceptors (Lipinski definition) is 4. The van der Waals surface area contributed by atoms with Crippen molar-refractivity contribution >= 4 is 34.9 Å². The number of hydrogen-bond donors (Lipinski definition) is 1. The Morgan fingerprint density at radius 2 is 1.92 bits per heavy atom. The molecule has 1 heterocycles. The van der Waals surface area contributed by atoms with Crippen LogP contribution in [0, 0.1) is 11.7 Å². The lowest BCUT2D eigenvalue weighted by Gasteiger charge is -2.10. The molecule has 2 aromatic rings. The van der Waals surface area contributed by atoms with Gasteiger partial charge in [0.2, 0.25) is 0 Å². The topological polar surface area (TPSA) is 72.5 Å². The molecule has 0 unspecified atom stereocenters. The average molecular weight is 397 g/mol. The van der Waals surface area contributed by atoms with Gasteiger partial charge in [-0.25, -0.2) is 12.8 Å². The van der Waals surface area contributed by atoms with Crippen LogP contribution in [-0.2, 0) is 14.6 Å². The number of nitrogens with one attached hydrogen (secondary N) is 1. The summed E-state index contributed by atoms with van der Waals surface area (Å²) < 4.78 is 43.2. The average Bonchev–Trinajstić information content (AvgIpc) is 3.09. The predicted octanol–water partition coefficient (Wildman–Crippen LogP) is 3.00. The molecule has 1 fully saturated rings. The Morgan fingerprint density at radius 3 is 2.58 bits per heavy atom. The maximum atomic E-state index is 12.9. The van der Waals surface area contributed by atoms with Crippen LogP contribution in [0.5, 0.6) is 0 Å². The first kappa shape index (κ1) is 20.4. The summed E-state index contributed by atoms with van der Waals surface area (Å²) in [6.07, 6.45) is 0.726. The van der Waals surface area contributed by atoms with Crippen molar-refractivity contribution in [2.45, 2.75) is 11.3 Å². The number of halogens is 1. The van der Waals surface area contributed by atoms with E-state index >= 15 is 0 Å². The molecular formula is C18H20FNO4S2. The first-order valence-corrected chi connectivity index (χ1v) is 9.57. The molecule has 8 heteroatoms. The predicted molar refractivity (Wildman–Crippen MR) is 102 cm³/mol. The molecule has 1 amide bonds. The Bertz CT molecular complexity index is 863. The number of rotatable bonds is 5. The largest absolute Gasteiger partial charge is 0.381 e. The fourth-order valence-electron chi connectivity index (χ4n) is 2.69. The lowest BCUT2D eigenvalue weighted by atomic mass is 10.2. The van der Waals surface area contributed by atoms with E-state index in [9.17, 15) is 17.6 Å². The SMILES string of the molecule is O=C(Nc1ccc(F)cc1)c1cccc(S(=O)(=O)C[C@H]2CCOC2)c1.S. The van der Waals surface area contributed by atoms with E-state index in [1.54, 1.807) is 0 Å². The molecule has 0 aliphatic carbocycles. The summed E-state index contributed by atoms with van der Waals surface area (Å²) >= 11 is 0. The second-order valence-electron chi connectivity index (χ2n) is 6.00. The van der Waals surface area contributed by atoms with E-state index in [1.807, 2.05) is 0 Å². The molecule has 1 saturated heterocycles. The van der Waals surface area contributed by atoms with Crippen LogP contribution in [0.3, 0.4) is 0 Å². The quantitative estimate of drug-likeness (QED) is 0.842. The molecule has 1 aliphatic rings. The van der Waals surface area contributed by atoms with Crippen LogP contribution < -0.4 is 5.32 Å². The Morgan fingerprint density at radius 1 is 1.19 bits per heavy atom. The van der Waals surface area contributed by atoms with Crippen molar-refractivity contribution in [1.29, 1.82) is 0 Å². The fourth-order valence-corrected chi connectivity index (χ4v) is 4.36. The molecule has 0 spiro atoms. The van der Waals surface area contributed by atoms with Gasteiger partial charge in [0.15, 0.2) is 9.84 Å². The molecule has 2 aromatic carbocycles. The molecule has 0 saturated carbocycles. The van der Waals surface area contributed by atoms with Gasteiger partial charge in [0.25, 0.3) is 5.91 Å². The minimum atomic E-state index is -3.49. The van der Waals surface area contributed by atoms with Gasteiger partial charge in [0.1, 0.15) is 5.82 Å². The highest BCUT2D eigenvalue weighted by Crippen LogP contribution is 2.21. The summed E-state index contributed by atoms with van der Waals surface area (Å²) in [6, 6.07) is 11.3. The second-order valence-corrected chi connectivity index (χ2v) is 8.03. The molecule has 1 aliphatic heterocycles. The van der Waals surface area contributed by atoms with Gasteiger partial charge in [-0.05, 0) is 54.8 Å². The molecule has 140 valence electrons. The number of sulfone groups is 1. The van der Waals surface area contributed by atoms with Crippen LogP contribution in [0.1, 0.15) is 16.8 Å². The highest BCUT2D eigenvalue weighted by Gasteiger charge is 2.25. The van der Waals surface area contributed by atoms with E-state index in [0.717, 1.165) is 6.42 Å². The summed E-state index contributed by atoms with van der Waals surface area (Å²) in [7, 11) is -3.49. The Balaban J connectivity index is 0.00000243. The third-order valence-electron chi connectivity index (χ3n) is 4.04. The Kier molecular flexibility index (Phi) is 6.80. The number of benzene rings is 2. The second kappa shape index (κ2) is 8.66. The van der Waals surface area contributed by atoms with Gasteiger partial charge in [0.05, 0.1) is 17.3 Å². The van der Waals surface area contributed by atoms with Crippen LogP contribution in [0.2, 0.25) is 0 Å². The number of ether oxygens (including phenoxy) is 1. The number of amides is 1. The third kappa shape index (κ3) is 5.06. The van der Waals surface area contributed by atoms with Crippen molar-refractivity contribution in [3.8, 4) is 0 Å². The zero-order valence-electron chi connectivity index (χ0n) is 13.9. The van der Waals surface area contributed by atoms with Crippen molar-refractivity contribution in [1.82, 2.24) is 0 Å². The number of carbonyl (C=O) groups is 1. The van der Waals surface area contributed by atoms with Crippen molar-refractivity contribution in [2.24, 2.45) is 5.92 Å². The minimum Gasteiger partial charge on any atom is -0.381 e. The molecule has 3 rings (SSSR count). The maximum absolute atomic E-state index is 12.9. The van der Waals surface area contributed by atoms with Crippen molar-refractivity contribution in [3.63, 3.8) is 0 Å². The molecule has 0 bridgehead atoms. The van der Waals surface area contributed by atoms with E-state index in [1.165, 1.54) is 48.5 Å². The van der Waals surface area contributed by atoms with Gasteiger partial charge < -0.3 is 10.1 Å². The van der Waals surface area contributed by atoms with Crippen LogP contribution in [-0.4, -0.2) is 33.3 Å². The molecule has 1 N–H and O–H groups in total. The lowest BCUT2D eigenvalue weighted by molar-refractivity contribution is 0.102. The van der Waals surface area contributed by atoms with Gasteiger partial charge in [-0.3, -0.25) is 4.79 Å². The molecular weight excluding hydrogens is 377 g/mol. The third-order valence-corrected chi connectivity index (χ3v) is 5.92. The first-order valence-electron chi connectivity index (χ1n) is 7.91. The van der Waals surface area contributed by atoms with Crippen LogP contribution in [0.15, 0.2) is 53.4 Å². The van der Waals surface area contributed by atoms with Crippen LogP contribution >= 0.6 is 13.5 Å². The molecule has 26 heavy (non-hydrogen) atoms. The van der Waals surface area contributed by atoms with Crippen LogP contribution in [0.25, 0.3) is 0 Å². The highest BCUT2D eigenvalue weighted by molar-refractivity contribution is 7.91. The Labute approximate surface area is 158 Å². The fraction of sp³-hybridized carbons (Fsp3) is 0.278. The van der Waals surface area contributed by atoms with Gasteiger partial charge in [-0.2, -0.15) is 13.5 Å². The normalized spacial score (nSPS) is 16.7. The van der Waals surface area contributed by atoms with Crippen LogP contribution in [0.4, 0.5) is 10.1 Å². The molecule has 0 radical (unpaired) electrons. The standard InChI is InChI=1S/C18H18FNO4S.H2S/c19-15-4-6-16(7-5-15)20-18(21)14-2-1-3-17(10-14)25(22,23)12-13-8-9-24-11-13;/h1-7,10,13H,8-9,11-12H2,(H,20,21);1H2/t13-;/m0./s1. The van der Waals surface area contributed by atoms with Crippen molar-refractivity contribution < 1.29 is 22.3 Å². The smallest absolute Gasteiger partial charge is 0.255 e. The van der Waals surface area contributed by atoms with E-state index < -0.39 is 21.6 Å². The summed E-state index contributed by atoms with van der Waals surface area (Å²) in [5, 5.41) is 2.62. The van der Waals surface area contributed by atoms with Crippen molar-refractivity contribution in [2.75, 3.05) is 24.3 Å². The minimum absolute atomic E-state index is 0. The van der Waals surface area contributed by atoms with E-state index in [-0.39, 0.29) is 35.6 Å². The summed E-state index contributed by atoms with van der Waals surface area (Å²) in [4.78, 5) is 12.4. The zero-order chi connectivity index (χ0) is 17.9. The number of carbonyl (C=O) groups excluding carboxylic acids is 1. The summed E-state index contributed by atoms with van der Waals surface area (Å²) in [5.41, 5.74) is 0.663. The van der Waals surface area contributed by atoms with Gasteiger partial charge in [-0.15, -0.1) is 0 Å². The van der Waals surface area contributed by atoms with E-state index in [4.69, 9.17) is 4.74 Å². The highest BCUT2D eigenvalue weighted by atomic mass is 32.2. The molecule has 1 atom stereocenters. The first-order chi connectivity index (χ1) is 11.9. The Hall–Kier alpha value is -1.90. The monoisotopic (exact) mass is 397 g/mol. The molecule has 5 nitrogen and oxygen atoms in total. The zero-order valence-corrected chi connectivity index (χ0v) is 15.8. The summed E-state index contributed by atoms with van der Waals surface area (Å²) in [6.45, 7) is 1.03. The maximum Gasteiger partial charge on any atom is 0.255 e. The lowest BCUT2D eigenvalue weighted by Crippen LogP contribution is -2.18. The van der Waals surface area contributed by atoms with Gasteiger partial charge in [0, 0.05) is 17.9 Å². The van der Waals surface area contributed by atoms with Gasteiger partial charge >= 0.3 is 0 Å².